The SMILES string of the molecule is Cc1c(Nc2c(C#N)cncc2/C=C/c2cccc(CN3CCN(C(C)C)CC3)c2)ccc2[nH]ccc12. The number of hydrogen-bond donors (Lipinski definition) is 2. The van der Waals surface area contributed by atoms with Crippen LogP contribution in [0.5, 0.6) is 0 Å². The van der Waals surface area contributed by atoms with Gasteiger partial charge in [-0.25, -0.2) is 0 Å². The number of nitrogens with zero attached hydrogens (tertiary/aromatic N) is 4. The summed E-state index contributed by atoms with van der Waals surface area (Å²) >= 11 is 0. The number of fused-ring (bicyclic) bond motifs is 1. The molecule has 188 valence electrons. The Morgan fingerprint density at radius 2 is 1.92 bits per heavy atom. The number of pyridine rings is 1. The molecule has 37 heavy (non-hydrogen) atoms. The second-order valence-corrected chi connectivity index (χ2v) is 10.0. The Morgan fingerprint density at radius 1 is 1.08 bits per heavy atom. The molecule has 0 atom stereocenters. The molecule has 2 N–H and O–H groups in total. The maximum atomic E-state index is 9.79. The molecule has 1 aliphatic rings. The van der Waals surface area contributed by atoms with Crippen LogP contribution in [0, 0.1) is 18.3 Å². The molecular weight excluding hydrogens is 456 g/mol. The lowest BCUT2D eigenvalue weighted by atomic mass is 10.1. The Kier molecular flexibility index (Phi) is 7.36. The van der Waals surface area contributed by atoms with Gasteiger partial charge in [0, 0.05) is 79.5 Å². The Hall–Kier alpha value is -3.92. The maximum absolute atomic E-state index is 9.79. The van der Waals surface area contributed by atoms with E-state index >= 15 is 0 Å². The molecule has 0 spiro atoms. The Bertz CT molecular complexity index is 1450. The molecule has 2 aromatic carbocycles. The molecule has 6 nitrogen and oxygen atoms in total. The maximum Gasteiger partial charge on any atom is 0.103 e. The van der Waals surface area contributed by atoms with Gasteiger partial charge in [0.2, 0.25) is 0 Å². The zero-order valence-corrected chi connectivity index (χ0v) is 21.8. The Morgan fingerprint density at radius 3 is 2.70 bits per heavy atom. The van der Waals surface area contributed by atoms with Crippen LogP contribution in [-0.4, -0.2) is 52.0 Å². The van der Waals surface area contributed by atoms with E-state index < -0.39 is 0 Å². The van der Waals surface area contributed by atoms with Crippen molar-refractivity contribution in [3.63, 3.8) is 0 Å². The lowest BCUT2D eigenvalue weighted by Gasteiger charge is -2.37. The summed E-state index contributed by atoms with van der Waals surface area (Å²) in [5.74, 6) is 0. The van der Waals surface area contributed by atoms with Gasteiger partial charge in [0.1, 0.15) is 6.07 Å². The van der Waals surface area contributed by atoms with E-state index in [1.54, 1.807) is 6.20 Å². The number of rotatable bonds is 7. The molecule has 1 saturated heterocycles. The topological polar surface area (TPSA) is 71.0 Å². The minimum absolute atomic E-state index is 0.519. The summed E-state index contributed by atoms with van der Waals surface area (Å²) in [5, 5.41) is 14.5. The fraction of sp³-hybridized carbons (Fsp3) is 0.290. The van der Waals surface area contributed by atoms with Gasteiger partial charge in [-0.2, -0.15) is 5.26 Å². The van der Waals surface area contributed by atoms with Gasteiger partial charge in [0.05, 0.1) is 11.3 Å². The fourth-order valence-corrected chi connectivity index (χ4v) is 5.06. The summed E-state index contributed by atoms with van der Waals surface area (Å²) in [5.41, 5.74) is 7.83. The average Bonchev–Trinajstić information content (AvgIpc) is 3.40. The molecule has 2 aromatic heterocycles. The summed E-state index contributed by atoms with van der Waals surface area (Å²) in [6.45, 7) is 12.1. The van der Waals surface area contributed by atoms with E-state index in [0.717, 1.165) is 71.7 Å². The summed E-state index contributed by atoms with van der Waals surface area (Å²) < 4.78 is 0. The molecule has 0 radical (unpaired) electrons. The van der Waals surface area contributed by atoms with E-state index in [1.165, 1.54) is 5.56 Å². The zero-order valence-electron chi connectivity index (χ0n) is 21.8. The van der Waals surface area contributed by atoms with Crippen LogP contribution >= 0.6 is 0 Å². The Labute approximate surface area is 219 Å². The second kappa shape index (κ2) is 11.0. The number of piperazine rings is 1. The predicted molar refractivity (Wildman–Crippen MR) is 153 cm³/mol. The van der Waals surface area contributed by atoms with Crippen molar-refractivity contribution in [1.29, 1.82) is 5.26 Å². The molecule has 1 fully saturated rings. The smallest absolute Gasteiger partial charge is 0.103 e. The van der Waals surface area contributed by atoms with Gasteiger partial charge in [-0.3, -0.25) is 14.8 Å². The number of hydrogen-bond acceptors (Lipinski definition) is 5. The van der Waals surface area contributed by atoms with Gasteiger partial charge in [-0.1, -0.05) is 36.4 Å². The van der Waals surface area contributed by atoms with E-state index in [-0.39, 0.29) is 0 Å². The van der Waals surface area contributed by atoms with Crippen LogP contribution in [0.2, 0.25) is 0 Å². The van der Waals surface area contributed by atoms with Crippen molar-refractivity contribution in [2.45, 2.75) is 33.4 Å². The average molecular weight is 491 g/mol. The highest BCUT2D eigenvalue weighted by molar-refractivity contribution is 5.90. The fourth-order valence-electron chi connectivity index (χ4n) is 5.06. The normalized spacial score (nSPS) is 15.0. The number of H-pyrrole nitrogens is 1. The molecule has 0 unspecified atom stereocenters. The standard InChI is InChI=1S/C31H34N6/c1-22(2)37-15-13-36(14-16-37)21-25-6-4-5-24(17-25)7-8-26-19-33-20-27(18-32)31(26)35-29-9-10-30-28(23(29)3)11-12-34-30/h4-12,17,19-20,22,34H,13-16,21H2,1-3H3,(H,33,35)/b8-7+. The lowest BCUT2D eigenvalue weighted by Crippen LogP contribution is -2.48. The number of anilines is 2. The molecule has 4 aromatic rings. The third kappa shape index (κ3) is 5.59. The van der Waals surface area contributed by atoms with E-state index in [2.05, 4.69) is 94.4 Å². The number of aromatic amines is 1. The first-order valence-corrected chi connectivity index (χ1v) is 13.0. The van der Waals surface area contributed by atoms with E-state index in [0.29, 0.717) is 11.6 Å². The monoisotopic (exact) mass is 490 g/mol. The summed E-state index contributed by atoms with van der Waals surface area (Å²) in [6, 6.07) is 17.8. The minimum Gasteiger partial charge on any atom is -0.361 e. The third-order valence-electron chi connectivity index (χ3n) is 7.31. The van der Waals surface area contributed by atoms with Gasteiger partial charge in [0.15, 0.2) is 0 Å². The minimum atomic E-state index is 0.519. The predicted octanol–water partition coefficient (Wildman–Crippen LogP) is 6.18. The third-order valence-corrected chi connectivity index (χ3v) is 7.31. The highest BCUT2D eigenvalue weighted by Gasteiger charge is 2.18. The first-order valence-electron chi connectivity index (χ1n) is 13.0. The van der Waals surface area contributed by atoms with Crippen molar-refractivity contribution in [2.24, 2.45) is 0 Å². The first kappa shape index (κ1) is 24.8. The number of nitriles is 1. The number of aromatic nitrogens is 2. The van der Waals surface area contributed by atoms with Crippen LogP contribution in [0.3, 0.4) is 0 Å². The van der Waals surface area contributed by atoms with Crippen LogP contribution < -0.4 is 5.32 Å². The largest absolute Gasteiger partial charge is 0.361 e. The molecule has 0 saturated carbocycles. The van der Waals surface area contributed by atoms with Crippen LogP contribution in [-0.2, 0) is 6.54 Å². The zero-order chi connectivity index (χ0) is 25.8. The van der Waals surface area contributed by atoms with Crippen molar-refractivity contribution >= 4 is 34.4 Å². The van der Waals surface area contributed by atoms with Crippen LogP contribution in [0.4, 0.5) is 11.4 Å². The van der Waals surface area contributed by atoms with Gasteiger partial charge >= 0.3 is 0 Å². The van der Waals surface area contributed by atoms with E-state index in [9.17, 15) is 5.26 Å². The lowest BCUT2D eigenvalue weighted by molar-refractivity contribution is 0.104. The molecule has 0 aliphatic carbocycles. The van der Waals surface area contributed by atoms with E-state index in [1.807, 2.05) is 24.5 Å². The number of benzene rings is 2. The second-order valence-electron chi connectivity index (χ2n) is 10.0. The van der Waals surface area contributed by atoms with Crippen molar-refractivity contribution in [3.05, 3.63) is 88.9 Å². The summed E-state index contributed by atoms with van der Waals surface area (Å²) in [6.07, 6.45) is 9.51. The molecule has 0 bridgehead atoms. The molecule has 3 heterocycles. The molecular formula is C31H34N6. The van der Waals surface area contributed by atoms with Gasteiger partial charge in [-0.15, -0.1) is 0 Å². The first-order chi connectivity index (χ1) is 18.0. The van der Waals surface area contributed by atoms with Crippen molar-refractivity contribution < 1.29 is 0 Å². The highest BCUT2D eigenvalue weighted by Crippen LogP contribution is 2.31. The van der Waals surface area contributed by atoms with Gasteiger partial charge in [-0.05, 0) is 55.7 Å². The summed E-state index contributed by atoms with van der Waals surface area (Å²) in [7, 11) is 0. The molecule has 1 aliphatic heterocycles. The van der Waals surface area contributed by atoms with Crippen molar-refractivity contribution in [2.75, 3.05) is 31.5 Å². The molecule has 5 rings (SSSR count). The van der Waals surface area contributed by atoms with Crippen LogP contribution in [0.1, 0.15) is 41.7 Å². The van der Waals surface area contributed by atoms with Crippen LogP contribution in [0.15, 0.2) is 61.1 Å². The highest BCUT2D eigenvalue weighted by atomic mass is 15.3. The van der Waals surface area contributed by atoms with Gasteiger partial charge in [0.25, 0.3) is 0 Å². The molecule has 6 heteroatoms. The number of aryl methyl sites for hydroxylation is 1. The van der Waals surface area contributed by atoms with Crippen LogP contribution in [0.25, 0.3) is 23.1 Å². The van der Waals surface area contributed by atoms with Crippen molar-refractivity contribution in [3.8, 4) is 6.07 Å². The quantitative estimate of drug-likeness (QED) is 0.324. The van der Waals surface area contributed by atoms with E-state index in [4.69, 9.17) is 0 Å². The molecule has 0 amide bonds. The van der Waals surface area contributed by atoms with Gasteiger partial charge < -0.3 is 10.3 Å². The number of nitrogens with one attached hydrogen (secondary N) is 2. The van der Waals surface area contributed by atoms with Crippen molar-refractivity contribution in [1.82, 2.24) is 19.8 Å². The Balaban J connectivity index is 1.35. The summed E-state index contributed by atoms with van der Waals surface area (Å²) in [4.78, 5) is 12.7.